The van der Waals surface area contributed by atoms with Crippen LogP contribution in [0.25, 0.3) is 0 Å². The summed E-state index contributed by atoms with van der Waals surface area (Å²) >= 11 is 0. The number of hydrogen-bond donors (Lipinski definition) is 6. The van der Waals surface area contributed by atoms with E-state index in [2.05, 4.69) is 0 Å². The molecule has 0 aromatic carbocycles. The van der Waals surface area contributed by atoms with Gasteiger partial charge in [0, 0.05) is 30.7 Å². The zero-order valence-corrected chi connectivity index (χ0v) is 32.2. The average Bonchev–Trinajstić information content (AvgIpc) is 3.43. The molecule has 6 N–H and O–H groups in total. The molecule has 4 aliphatic rings. The second kappa shape index (κ2) is 18.4. The number of amides is 1. The zero-order chi connectivity index (χ0) is 39.4. The number of carbonyl (C=O) groups excluding carboxylic acids is 4. The van der Waals surface area contributed by atoms with Gasteiger partial charge in [0.05, 0.1) is 30.5 Å². The van der Waals surface area contributed by atoms with Crippen LogP contribution in [-0.4, -0.2) is 120 Å². The molecule has 4 rings (SSSR count). The van der Waals surface area contributed by atoms with Gasteiger partial charge < -0.3 is 45.0 Å². The predicted molar refractivity (Wildman–Crippen MR) is 194 cm³/mol. The monoisotopic (exact) mass is 749 g/mol. The number of ether oxygens (including phenoxy) is 2. The van der Waals surface area contributed by atoms with E-state index in [4.69, 9.17) is 9.47 Å². The predicted octanol–water partition coefficient (Wildman–Crippen LogP) is 2.51. The number of Topliss-reactive ketones (excluding diaryl/α,β-unsaturated/α-hetero) is 2. The van der Waals surface area contributed by atoms with Crippen molar-refractivity contribution in [3.63, 3.8) is 0 Å². The van der Waals surface area contributed by atoms with E-state index in [1.165, 1.54) is 6.92 Å². The first-order valence-corrected chi connectivity index (χ1v) is 19.6. The summed E-state index contributed by atoms with van der Waals surface area (Å²) in [5.41, 5.74) is 1.48. The van der Waals surface area contributed by atoms with Crippen LogP contribution in [0.4, 0.5) is 0 Å². The Kier molecular flexibility index (Phi) is 15.0. The van der Waals surface area contributed by atoms with E-state index in [1.54, 1.807) is 13.8 Å². The molecule has 14 atom stereocenters. The van der Waals surface area contributed by atoms with Gasteiger partial charge in [0.25, 0.3) is 11.7 Å². The van der Waals surface area contributed by atoms with Gasteiger partial charge in [-0.05, 0) is 95.5 Å². The van der Waals surface area contributed by atoms with Crippen molar-refractivity contribution in [3.8, 4) is 0 Å². The van der Waals surface area contributed by atoms with Crippen molar-refractivity contribution in [2.75, 3.05) is 6.54 Å². The molecule has 1 unspecified atom stereocenters. The normalized spacial score (nSPS) is 43.2. The third-order valence-corrected chi connectivity index (χ3v) is 12.1. The van der Waals surface area contributed by atoms with E-state index in [-0.39, 0.29) is 49.8 Å². The molecule has 3 aliphatic heterocycles. The van der Waals surface area contributed by atoms with Crippen molar-refractivity contribution in [1.29, 1.82) is 0 Å². The number of ketones is 2. The summed E-state index contributed by atoms with van der Waals surface area (Å²) in [6, 6.07) is -1.19. The number of fused-ring (bicyclic) bond motifs is 3. The highest BCUT2D eigenvalue weighted by Crippen LogP contribution is 2.39. The fourth-order valence-electron chi connectivity index (χ4n) is 8.72. The van der Waals surface area contributed by atoms with Gasteiger partial charge in [-0.2, -0.15) is 0 Å². The summed E-state index contributed by atoms with van der Waals surface area (Å²) in [6.07, 6.45) is -0.647. The fourth-order valence-corrected chi connectivity index (χ4v) is 8.72. The molecule has 300 valence electrons. The Bertz CT molecular complexity index is 1380. The Morgan fingerprint density at radius 3 is 2.26 bits per heavy atom. The number of nitrogens with zero attached hydrogens (tertiary/aromatic N) is 1. The van der Waals surface area contributed by atoms with Gasteiger partial charge in [0.2, 0.25) is 5.79 Å². The number of rotatable bonds is 3. The highest BCUT2D eigenvalue weighted by atomic mass is 16.6. The van der Waals surface area contributed by atoms with Crippen molar-refractivity contribution >= 4 is 23.4 Å². The van der Waals surface area contributed by atoms with Gasteiger partial charge in [-0.1, -0.05) is 45.4 Å². The maximum Gasteiger partial charge on any atom is 0.329 e. The lowest BCUT2D eigenvalue weighted by Gasteiger charge is -2.37. The Hall–Kier alpha value is -2.52. The van der Waals surface area contributed by atoms with Gasteiger partial charge >= 0.3 is 5.97 Å². The van der Waals surface area contributed by atoms with E-state index in [1.807, 2.05) is 32.9 Å². The number of aliphatic hydroxyl groups is 6. The largest absolute Gasteiger partial charge is 0.456 e. The standard InChI is InChI=1S/C40H63NO12/c1-7-27-15-21(2)14-22(3)16-33(46)35(47)34-18-24(5)40(51,53-34)37(48)38(49)41-13-9-8-10-28(41)39(50)52-36(25(6)30(43)20-31(27)44)23(4)17-26-11-12-29(42)32(45)19-26/h15,17,22,24-30,32-36,42-43,45-47,51H,7-14,16,18-20H2,1-6H3/b21-15+,23-17+/t22-,24+,25+,26-,27+,28-,29+,30-,32+,33-,34-,35+,36+,40?/m0/s1. The summed E-state index contributed by atoms with van der Waals surface area (Å²) < 4.78 is 11.9. The highest BCUT2D eigenvalue weighted by Gasteiger charge is 2.57. The minimum atomic E-state index is -2.59. The van der Waals surface area contributed by atoms with Crippen LogP contribution in [0.1, 0.15) is 112 Å². The SMILES string of the molecule is CC[C@@H]1/C=C(\C)C[C@H](C)C[C@H](O)[C@@H](O)[C@@H]2C[C@@H](C)C(O)(O2)C(=O)C(=O)N2CCCC[C@H]2C(=O)O[C@H](/C(C)=C/[C@@H]2CC[C@@H](O)[C@H](O)C2)[C@H](C)[C@@H](O)CC1=O. The minimum absolute atomic E-state index is 0.00267. The molecule has 0 aromatic heterocycles. The molecular weight excluding hydrogens is 686 g/mol. The molecule has 1 amide bonds. The van der Waals surface area contributed by atoms with Gasteiger partial charge in [0.1, 0.15) is 24.0 Å². The van der Waals surface area contributed by atoms with Gasteiger partial charge in [-0.25, -0.2) is 4.79 Å². The van der Waals surface area contributed by atoms with Crippen molar-refractivity contribution in [2.24, 2.45) is 29.6 Å². The zero-order valence-electron chi connectivity index (χ0n) is 32.2. The van der Waals surface area contributed by atoms with Crippen LogP contribution >= 0.6 is 0 Å². The lowest BCUT2D eigenvalue weighted by molar-refractivity contribution is -0.224. The average molecular weight is 750 g/mol. The Morgan fingerprint density at radius 1 is 0.906 bits per heavy atom. The third kappa shape index (κ3) is 10.2. The van der Waals surface area contributed by atoms with Crippen molar-refractivity contribution in [1.82, 2.24) is 4.90 Å². The first kappa shape index (κ1) is 43.2. The Labute approximate surface area is 313 Å². The number of cyclic esters (lactones) is 1. The van der Waals surface area contributed by atoms with E-state index >= 15 is 0 Å². The second-order valence-electron chi connectivity index (χ2n) is 16.5. The summed E-state index contributed by atoms with van der Waals surface area (Å²) in [7, 11) is 0. The second-order valence-corrected chi connectivity index (χ2v) is 16.5. The summed E-state index contributed by atoms with van der Waals surface area (Å²) in [5, 5.41) is 65.4. The van der Waals surface area contributed by atoms with E-state index in [9.17, 15) is 49.8 Å². The summed E-state index contributed by atoms with van der Waals surface area (Å²) in [5.74, 6) is -8.42. The maximum absolute atomic E-state index is 14.1. The first-order chi connectivity index (χ1) is 24.9. The molecule has 0 aromatic rings. The van der Waals surface area contributed by atoms with E-state index in [0.29, 0.717) is 50.5 Å². The van der Waals surface area contributed by atoms with E-state index < -0.39 is 90.0 Å². The first-order valence-electron chi connectivity index (χ1n) is 19.6. The van der Waals surface area contributed by atoms with Gasteiger partial charge in [-0.15, -0.1) is 0 Å². The molecule has 1 aliphatic carbocycles. The molecule has 13 nitrogen and oxygen atoms in total. The molecule has 2 saturated heterocycles. The lowest BCUT2D eigenvalue weighted by atomic mass is 9.82. The van der Waals surface area contributed by atoms with Crippen LogP contribution < -0.4 is 0 Å². The van der Waals surface area contributed by atoms with Crippen LogP contribution in [0.15, 0.2) is 23.3 Å². The number of esters is 1. The molecule has 2 bridgehead atoms. The van der Waals surface area contributed by atoms with Crippen LogP contribution in [0.3, 0.4) is 0 Å². The van der Waals surface area contributed by atoms with Gasteiger partial charge in [0.15, 0.2) is 0 Å². The van der Waals surface area contributed by atoms with Crippen LogP contribution in [-0.2, 0) is 28.7 Å². The summed E-state index contributed by atoms with van der Waals surface area (Å²) in [4.78, 5) is 56.4. The Morgan fingerprint density at radius 2 is 1.60 bits per heavy atom. The van der Waals surface area contributed by atoms with Gasteiger partial charge in [-0.3, -0.25) is 14.4 Å². The van der Waals surface area contributed by atoms with E-state index in [0.717, 1.165) is 10.5 Å². The minimum Gasteiger partial charge on any atom is -0.456 e. The fraction of sp³-hybridized carbons (Fsp3) is 0.800. The van der Waals surface area contributed by atoms with Crippen LogP contribution in [0.2, 0.25) is 0 Å². The quantitative estimate of drug-likeness (QED) is 0.140. The molecule has 53 heavy (non-hydrogen) atoms. The number of piperidine rings is 1. The van der Waals surface area contributed by atoms with Crippen molar-refractivity contribution in [3.05, 3.63) is 23.3 Å². The lowest BCUT2D eigenvalue weighted by Crippen LogP contribution is -2.57. The molecule has 0 radical (unpaired) electrons. The smallest absolute Gasteiger partial charge is 0.329 e. The molecule has 0 spiro atoms. The molecule has 3 heterocycles. The number of aliphatic hydroxyl groups excluding tert-OH is 5. The highest BCUT2D eigenvalue weighted by molar-refractivity contribution is 6.39. The number of allylic oxidation sites excluding steroid dienone is 3. The number of carbonyl (C=O) groups is 4. The molecule has 3 fully saturated rings. The van der Waals surface area contributed by atoms with Crippen LogP contribution in [0, 0.1) is 29.6 Å². The van der Waals surface area contributed by atoms with Crippen molar-refractivity contribution in [2.45, 2.75) is 167 Å². The molecular formula is C40H63NO12. The summed E-state index contributed by atoms with van der Waals surface area (Å²) in [6.45, 7) is 10.7. The molecule has 13 heteroatoms. The molecule has 1 saturated carbocycles. The topological polar surface area (TPSA) is 211 Å². The Balaban J connectivity index is 1.71. The number of hydrogen-bond acceptors (Lipinski definition) is 12. The third-order valence-electron chi connectivity index (χ3n) is 12.1. The van der Waals surface area contributed by atoms with Crippen LogP contribution in [0.5, 0.6) is 0 Å². The van der Waals surface area contributed by atoms with Crippen molar-refractivity contribution < 1.29 is 59.3 Å². The maximum atomic E-state index is 14.1.